The van der Waals surface area contributed by atoms with E-state index in [1.807, 2.05) is 0 Å². The van der Waals surface area contributed by atoms with Crippen LogP contribution in [0.25, 0.3) is 10.8 Å². The van der Waals surface area contributed by atoms with Crippen LogP contribution in [0.2, 0.25) is 0 Å². The molecular formula is C28H31F6NO3. The van der Waals surface area contributed by atoms with E-state index in [1.165, 1.54) is 12.1 Å². The summed E-state index contributed by atoms with van der Waals surface area (Å²) >= 11 is 0. The fourth-order valence-electron chi connectivity index (χ4n) is 6.79. The molecule has 5 rings (SSSR count). The van der Waals surface area contributed by atoms with E-state index in [0.717, 1.165) is 25.1 Å². The van der Waals surface area contributed by atoms with Gasteiger partial charge in [-0.3, -0.25) is 9.69 Å². The molecule has 4 nitrogen and oxygen atoms in total. The number of nitrogens with zero attached hydrogens (tertiary/aromatic N) is 1. The number of piperidine rings is 1. The first-order valence-corrected chi connectivity index (χ1v) is 13.2. The average Bonchev–Trinajstić information content (AvgIpc) is 2.82. The molecule has 2 bridgehead atoms. The quantitative estimate of drug-likeness (QED) is 0.403. The lowest BCUT2D eigenvalue weighted by molar-refractivity contribution is -0.185. The summed E-state index contributed by atoms with van der Waals surface area (Å²) in [6, 6.07) is 7.73. The number of hydrogen-bond acceptors (Lipinski definition) is 3. The highest BCUT2D eigenvalue weighted by molar-refractivity contribution is 5.89. The number of fused-ring (bicyclic) bond motifs is 3. The fourth-order valence-corrected chi connectivity index (χ4v) is 6.79. The minimum absolute atomic E-state index is 0.00235. The van der Waals surface area contributed by atoms with Gasteiger partial charge in [0.05, 0.1) is 17.9 Å². The molecule has 3 fully saturated rings. The number of carbonyl (C=O) groups is 1. The third kappa shape index (κ3) is 5.90. The lowest BCUT2D eigenvalue weighted by Crippen LogP contribution is -2.45. The summed E-state index contributed by atoms with van der Waals surface area (Å²) in [5.41, 5.74) is -0.0220. The Hall–Kier alpha value is -2.49. The van der Waals surface area contributed by atoms with Crippen molar-refractivity contribution < 1.29 is 41.0 Å². The Labute approximate surface area is 216 Å². The highest BCUT2D eigenvalue weighted by Gasteiger charge is 2.43. The minimum atomic E-state index is -4.69. The van der Waals surface area contributed by atoms with Crippen molar-refractivity contribution in [3.05, 3.63) is 41.5 Å². The summed E-state index contributed by atoms with van der Waals surface area (Å²) in [6.07, 6.45) is -7.51. The molecule has 1 aliphatic heterocycles. The fraction of sp³-hybridized carbons (Fsp3) is 0.607. The molecule has 208 valence electrons. The smallest absolute Gasteiger partial charge is 0.420 e. The summed E-state index contributed by atoms with van der Waals surface area (Å²) in [6.45, 7) is 2.12. The van der Waals surface area contributed by atoms with Crippen LogP contribution >= 0.6 is 0 Å². The van der Waals surface area contributed by atoms with Gasteiger partial charge in [0, 0.05) is 19.6 Å². The van der Waals surface area contributed by atoms with Crippen LogP contribution in [0.15, 0.2) is 30.3 Å². The van der Waals surface area contributed by atoms with Crippen LogP contribution in [-0.2, 0) is 17.5 Å². The number of hydrogen-bond donors (Lipinski definition) is 1. The molecule has 0 radical (unpaired) electrons. The van der Waals surface area contributed by atoms with Crippen LogP contribution in [0.4, 0.5) is 26.3 Å². The Morgan fingerprint density at radius 3 is 2.16 bits per heavy atom. The van der Waals surface area contributed by atoms with Gasteiger partial charge in [-0.15, -0.1) is 0 Å². The van der Waals surface area contributed by atoms with Crippen LogP contribution in [0.5, 0.6) is 5.75 Å². The number of rotatable bonds is 5. The van der Waals surface area contributed by atoms with E-state index in [1.54, 1.807) is 18.2 Å². The first kappa shape index (κ1) is 27.1. The number of alkyl halides is 6. The molecule has 0 aromatic heterocycles. The van der Waals surface area contributed by atoms with Crippen LogP contribution in [0, 0.1) is 23.7 Å². The standard InChI is InChI=1S/C28H31F6NO3/c29-27(30,31)21-3-5-22(6-4-21)38-24-8-2-19-10-16(1-7-23(19)25(24)28(32,33)34)13-35-14-17-9-18(15-35)12-20(11-17)26(36)37/h1-2,7-8,10,17-18,20-22H,3-6,9,11-15H2,(H,36,37)/t17-,18+,20?,21?,22?. The zero-order valence-corrected chi connectivity index (χ0v) is 20.8. The molecule has 2 aromatic rings. The van der Waals surface area contributed by atoms with Crippen molar-refractivity contribution in [2.24, 2.45) is 23.7 Å². The zero-order valence-electron chi connectivity index (χ0n) is 20.8. The van der Waals surface area contributed by atoms with Crippen LogP contribution in [0.3, 0.4) is 0 Å². The molecule has 3 aliphatic rings. The molecule has 0 spiro atoms. The SMILES string of the molecule is O=C(O)C1C[C@@H]2C[C@H](C1)CN(Cc1ccc3c(C(F)(F)F)c(OC4CCC(C(F)(F)F)CC4)ccc3c1)C2. The van der Waals surface area contributed by atoms with Crippen molar-refractivity contribution in [2.45, 2.75) is 69.9 Å². The topological polar surface area (TPSA) is 49.8 Å². The normalized spacial score (nSPS) is 28.8. The number of carboxylic acids is 1. The molecule has 3 atom stereocenters. The predicted molar refractivity (Wildman–Crippen MR) is 129 cm³/mol. The van der Waals surface area contributed by atoms with Crippen LogP contribution < -0.4 is 4.74 Å². The number of likely N-dealkylation sites (tertiary alicyclic amines) is 1. The molecule has 10 heteroatoms. The molecule has 1 heterocycles. The first-order valence-electron chi connectivity index (χ1n) is 13.2. The van der Waals surface area contributed by atoms with Crippen LogP contribution in [0.1, 0.15) is 56.1 Å². The van der Waals surface area contributed by atoms with Gasteiger partial charge >= 0.3 is 18.3 Å². The molecule has 1 saturated heterocycles. The van der Waals surface area contributed by atoms with Crippen molar-refractivity contribution >= 4 is 16.7 Å². The highest BCUT2D eigenvalue weighted by atomic mass is 19.4. The largest absolute Gasteiger partial charge is 0.490 e. The molecule has 38 heavy (non-hydrogen) atoms. The first-order chi connectivity index (χ1) is 17.9. The minimum Gasteiger partial charge on any atom is -0.490 e. The summed E-state index contributed by atoms with van der Waals surface area (Å²) in [4.78, 5) is 13.7. The maximum atomic E-state index is 14.2. The number of carboxylic acid groups (broad SMARTS) is 1. The second-order valence-electron chi connectivity index (χ2n) is 11.3. The Morgan fingerprint density at radius 2 is 1.58 bits per heavy atom. The Morgan fingerprint density at radius 1 is 0.921 bits per heavy atom. The third-order valence-corrected chi connectivity index (χ3v) is 8.45. The molecular weight excluding hydrogens is 512 g/mol. The summed E-state index contributed by atoms with van der Waals surface area (Å²) in [5, 5.41) is 9.81. The summed E-state index contributed by atoms with van der Waals surface area (Å²) in [7, 11) is 0. The van der Waals surface area contributed by atoms with E-state index in [2.05, 4.69) is 4.90 Å². The molecule has 2 aliphatic carbocycles. The second kappa shape index (κ2) is 10.2. The van der Waals surface area contributed by atoms with Crippen molar-refractivity contribution in [3.8, 4) is 5.75 Å². The zero-order chi connectivity index (χ0) is 27.2. The highest BCUT2D eigenvalue weighted by Crippen LogP contribution is 2.44. The van der Waals surface area contributed by atoms with Gasteiger partial charge in [-0.1, -0.05) is 18.2 Å². The maximum absolute atomic E-state index is 14.2. The molecule has 2 aromatic carbocycles. The van der Waals surface area contributed by atoms with Gasteiger partial charge in [0.25, 0.3) is 0 Å². The summed E-state index contributed by atoms with van der Waals surface area (Å²) in [5.74, 6) is -2.18. The maximum Gasteiger partial charge on any atom is 0.420 e. The molecule has 0 amide bonds. The number of benzene rings is 2. The van der Waals surface area contributed by atoms with E-state index in [-0.39, 0.29) is 42.7 Å². The summed E-state index contributed by atoms with van der Waals surface area (Å²) < 4.78 is 87.0. The number of halogens is 6. The Balaban J connectivity index is 1.31. The van der Waals surface area contributed by atoms with Crippen molar-refractivity contribution in [3.63, 3.8) is 0 Å². The predicted octanol–water partition coefficient (Wildman–Crippen LogP) is 7.29. The lowest BCUT2D eigenvalue weighted by Gasteiger charge is -2.43. The molecule has 1 unspecified atom stereocenters. The Bertz CT molecular complexity index is 1160. The van der Waals surface area contributed by atoms with Gasteiger partial charge in [0.15, 0.2) is 0 Å². The van der Waals surface area contributed by atoms with E-state index < -0.39 is 35.9 Å². The van der Waals surface area contributed by atoms with E-state index in [4.69, 9.17) is 4.74 Å². The van der Waals surface area contributed by atoms with Crippen LogP contribution in [-0.4, -0.2) is 41.3 Å². The monoisotopic (exact) mass is 543 g/mol. The van der Waals surface area contributed by atoms with Gasteiger partial charge in [-0.25, -0.2) is 0 Å². The van der Waals surface area contributed by atoms with E-state index in [9.17, 15) is 36.2 Å². The number of aliphatic carboxylic acids is 1. The lowest BCUT2D eigenvalue weighted by atomic mass is 9.72. The van der Waals surface area contributed by atoms with Gasteiger partial charge in [-0.05, 0) is 85.3 Å². The Kier molecular flexibility index (Phi) is 7.30. The van der Waals surface area contributed by atoms with Crippen molar-refractivity contribution in [2.75, 3.05) is 13.1 Å². The third-order valence-electron chi connectivity index (χ3n) is 8.45. The van der Waals surface area contributed by atoms with E-state index in [0.29, 0.717) is 36.6 Å². The van der Waals surface area contributed by atoms with E-state index >= 15 is 0 Å². The molecule has 1 N–H and O–H groups in total. The number of ether oxygens (including phenoxy) is 1. The molecule has 2 saturated carbocycles. The van der Waals surface area contributed by atoms with Gasteiger partial charge < -0.3 is 9.84 Å². The van der Waals surface area contributed by atoms with Gasteiger partial charge in [-0.2, -0.15) is 26.3 Å². The van der Waals surface area contributed by atoms with Gasteiger partial charge in [0.1, 0.15) is 11.3 Å². The van der Waals surface area contributed by atoms with Gasteiger partial charge in [0.2, 0.25) is 0 Å². The average molecular weight is 544 g/mol. The van der Waals surface area contributed by atoms with Crippen molar-refractivity contribution in [1.82, 2.24) is 4.90 Å². The van der Waals surface area contributed by atoms with Crippen molar-refractivity contribution in [1.29, 1.82) is 0 Å². The second-order valence-corrected chi connectivity index (χ2v) is 11.3.